The molecule has 0 aliphatic rings. The first-order valence-corrected chi connectivity index (χ1v) is 8.45. The highest BCUT2D eigenvalue weighted by atomic mass is 19.1. The fourth-order valence-corrected chi connectivity index (χ4v) is 2.45. The lowest BCUT2D eigenvalue weighted by atomic mass is 10.1. The quantitative estimate of drug-likeness (QED) is 0.605. The Bertz CT molecular complexity index is 857. The first-order valence-electron chi connectivity index (χ1n) is 8.45. The van der Waals surface area contributed by atoms with Gasteiger partial charge < -0.3 is 15.7 Å². The lowest BCUT2D eigenvalue weighted by Crippen LogP contribution is -2.21. The number of nitrogens with zero attached hydrogens (tertiary/aromatic N) is 2. The van der Waals surface area contributed by atoms with E-state index in [0.717, 1.165) is 11.3 Å². The van der Waals surface area contributed by atoms with Crippen LogP contribution >= 0.6 is 0 Å². The van der Waals surface area contributed by atoms with Crippen LogP contribution in [-0.4, -0.2) is 27.7 Å². The van der Waals surface area contributed by atoms with E-state index in [1.165, 1.54) is 6.07 Å². The maximum Gasteiger partial charge on any atom is 0.225 e. The Labute approximate surface area is 152 Å². The number of rotatable bonds is 7. The maximum atomic E-state index is 13.8. The molecule has 1 aromatic heterocycles. The minimum atomic E-state index is -0.260. The molecule has 0 saturated heterocycles. The van der Waals surface area contributed by atoms with Crippen molar-refractivity contribution >= 4 is 11.8 Å². The van der Waals surface area contributed by atoms with Crippen molar-refractivity contribution in [2.75, 3.05) is 17.2 Å². The molecule has 0 unspecified atom stereocenters. The van der Waals surface area contributed by atoms with E-state index in [0.29, 0.717) is 23.9 Å². The number of hydrogen-bond acceptors (Lipinski definition) is 5. The monoisotopic (exact) mass is 352 g/mol. The molecule has 26 heavy (non-hydrogen) atoms. The van der Waals surface area contributed by atoms with Gasteiger partial charge in [0, 0.05) is 29.8 Å². The van der Waals surface area contributed by atoms with Crippen molar-refractivity contribution in [1.82, 2.24) is 9.97 Å². The number of aliphatic hydroxyl groups excluding tert-OH is 1. The summed E-state index contributed by atoms with van der Waals surface area (Å²) in [4.78, 5) is 8.94. The Morgan fingerprint density at radius 1 is 1.04 bits per heavy atom. The molecule has 0 spiro atoms. The van der Waals surface area contributed by atoms with Crippen LogP contribution in [0.25, 0.3) is 11.3 Å². The van der Waals surface area contributed by atoms with Crippen LogP contribution in [0.1, 0.15) is 12.5 Å². The second kappa shape index (κ2) is 8.40. The van der Waals surface area contributed by atoms with Crippen LogP contribution in [0.3, 0.4) is 0 Å². The van der Waals surface area contributed by atoms with Gasteiger partial charge in [-0.3, -0.25) is 0 Å². The summed E-state index contributed by atoms with van der Waals surface area (Å²) in [6, 6.07) is 18.0. The number of nitrogens with one attached hydrogen (secondary N) is 2. The molecule has 0 aliphatic heterocycles. The summed E-state index contributed by atoms with van der Waals surface area (Å²) in [6.07, 6.45) is 0. The molecule has 0 fully saturated rings. The normalized spacial score (nSPS) is 11.8. The van der Waals surface area contributed by atoms with Crippen molar-refractivity contribution < 1.29 is 9.50 Å². The number of halogens is 1. The van der Waals surface area contributed by atoms with Crippen molar-refractivity contribution in [3.05, 3.63) is 72.0 Å². The molecule has 6 heteroatoms. The SMILES string of the molecule is C[C@H](CO)Nc1nc(NCc2ccccc2F)cc(-c2ccccc2)n1. The highest BCUT2D eigenvalue weighted by Gasteiger charge is 2.09. The van der Waals surface area contributed by atoms with Crippen LogP contribution in [0.2, 0.25) is 0 Å². The molecule has 3 N–H and O–H groups in total. The third-order valence-electron chi connectivity index (χ3n) is 3.86. The van der Waals surface area contributed by atoms with Crippen LogP contribution in [0.15, 0.2) is 60.7 Å². The summed E-state index contributed by atoms with van der Waals surface area (Å²) in [5, 5.41) is 15.5. The number of benzene rings is 2. The second-order valence-electron chi connectivity index (χ2n) is 6.00. The Morgan fingerprint density at radius 3 is 2.50 bits per heavy atom. The van der Waals surface area contributed by atoms with Gasteiger partial charge in [-0.15, -0.1) is 0 Å². The zero-order valence-electron chi connectivity index (χ0n) is 14.5. The van der Waals surface area contributed by atoms with Crippen LogP contribution in [0, 0.1) is 5.82 Å². The third kappa shape index (κ3) is 4.55. The largest absolute Gasteiger partial charge is 0.394 e. The zero-order chi connectivity index (χ0) is 18.4. The molecule has 5 nitrogen and oxygen atoms in total. The van der Waals surface area contributed by atoms with E-state index in [1.807, 2.05) is 43.3 Å². The van der Waals surface area contributed by atoms with E-state index in [1.54, 1.807) is 18.2 Å². The molecule has 0 saturated carbocycles. The van der Waals surface area contributed by atoms with Gasteiger partial charge in [0.1, 0.15) is 11.6 Å². The average molecular weight is 352 g/mol. The van der Waals surface area contributed by atoms with Gasteiger partial charge in [0.05, 0.1) is 12.3 Å². The van der Waals surface area contributed by atoms with E-state index in [4.69, 9.17) is 0 Å². The van der Waals surface area contributed by atoms with E-state index in [2.05, 4.69) is 20.6 Å². The van der Waals surface area contributed by atoms with Crippen molar-refractivity contribution in [3.63, 3.8) is 0 Å². The fraction of sp³-hybridized carbons (Fsp3) is 0.200. The van der Waals surface area contributed by atoms with Gasteiger partial charge in [0.25, 0.3) is 0 Å². The van der Waals surface area contributed by atoms with E-state index >= 15 is 0 Å². The number of anilines is 2. The van der Waals surface area contributed by atoms with E-state index in [9.17, 15) is 9.50 Å². The van der Waals surface area contributed by atoms with E-state index < -0.39 is 0 Å². The number of aromatic nitrogens is 2. The van der Waals surface area contributed by atoms with Crippen molar-refractivity contribution in [1.29, 1.82) is 0 Å². The number of aliphatic hydroxyl groups is 1. The van der Waals surface area contributed by atoms with Gasteiger partial charge in [-0.2, -0.15) is 4.98 Å². The molecule has 0 amide bonds. The molecule has 1 atom stereocenters. The van der Waals surface area contributed by atoms with Gasteiger partial charge >= 0.3 is 0 Å². The molecule has 3 rings (SSSR count). The molecule has 134 valence electrons. The van der Waals surface area contributed by atoms with Gasteiger partial charge in [-0.1, -0.05) is 48.5 Å². The highest BCUT2D eigenvalue weighted by Crippen LogP contribution is 2.22. The molecular formula is C20H21FN4O. The molecule has 2 aromatic carbocycles. The Hall–Kier alpha value is -2.99. The molecular weight excluding hydrogens is 331 g/mol. The lowest BCUT2D eigenvalue weighted by Gasteiger charge is -2.14. The lowest BCUT2D eigenvalue weighted by molar-refractivity contribution is 0.281. The zero-order valence-corrected chi connectivity index (χ0v) is 14.5. The smallest absolute Gasteiger partial charge is 0.225 e. The summed E-state index contributed by atoms with van der Waals surface area (Å²) in [5.74, 6) is 0.725. The Balaban J connectivity index is 1.88. The minimum Gasteiger partial charge on any atom is -0.394 e. The minimum absolute atomic E-state index is 0.0308. The summed E-state index contributed by atoms with van der Waals surface area (Å²) < 4.78 is 13.8. The predicted molar refractivity (Wildman–Crippen MR) is 101 cm³/mol. The van der Waals surface area contributed by atoms with Crippen LogP contribution < -0.4 is 10.6 Å². The van der Waals surface area contributed by atoms with Crippen molar-refractivity contribution in [3.8, 4) is 11.3 Å². The number of hydrogen-bond donors (Lipinski definition) is 3. The Morgan fingerprint density at radius 2 is 1.77 bits per heavy atom. The topological polar surface area (TPSA) is 70.1 Å². The van der Waals surface area contributed by atoms with Gasteiger partial charge in [-0.05, 0) is 13.0 Å². The molecule has 0 aliphatic carbocycles. The standard InChI is InChI=1S/C20H21FN4O/c1-14(13-26)23-20-24-18(15-7-3-2-4-8-15)11-19(25-20)22-12-16-9-5-6-10-17(16)21/h2-11,14,26H,12-13H2,1H3,(H2,22,23,24,25)/t14-/m1/s1. The van der Waals surface area contributed by atoms with Crippen molar-refractivity contribution in [2.24, 2.45) is 0 Å². The first kappa shape index (κ1) is 17.8. The Kier molecular flexibility index (Phi) is 5.76. The van der Waals surface area contributed by atoms with E-state index in [-0.39, 0.29) is 18.5 Å². The second-order valence-corrected chi connectivity index (χ2v) is 6.00. The van der Waals surface area contributed by atoms with Gasteiger partial charge in [0.2, 0.25) is 5.95 Å². The average Bonchev–Trinajstić information content (AvgIpc) is 2.68. The first-order chi connectivity index (χ1) is 12.7. The molecule has 0 radical (unpaired) electrons. The van der Waals surface area contributed by atoms with Crippen LogP contribution in [0.5, 0.6) is 0 Å². The molecule has 0 bridgehead atoms. The van der Waals surface area contributed by atoms with Crippen LogP contribution in [-0.2, 0) is 6.54 Å². The van der Waals surface area contributed by atoms with Gasteiger partial charge in [0.15, 0.2) is 0 Å². The summed E-state index contributed by atoms with van der Waals surface area (Å²) in [5.41, 5.74) is 2.25. The maximum absolute atomic E-state index is 13.8. The summed E-state index contributed by atoms with van der Waals surface area (Å²) in [7, 11) is 0. The highest BCUT2D eigenvalue weighted by molar-refractivity contribution is 5.64. The van der Waals surface area contributed by atoms with Gasteiger partial charge in [-0.25, -0.2) is 9.37 Å². The fourth-order valence-electron chi connectivity index (χ4n) is 2.45. The predicted octanol–water partition coefficient (Wildman–Crippen LogP) is 3.69. The third-order valence-corrected chi connectivity index (χ3v) is 3.86. The van der Waals surface area contributed by atoms with Crippen LogP contribution in [0.4, 0.5) is 16.2 Å². The molecule has 1 heterocycles. The summed E-state index contributed by atoms with van der Waals surface area (Å²) >= 11 is 0. The molecule has 3 aromatic rings. The van der Waals surface area contributed by atoms with Crippen molar-refractivity contribution in [2.45, 2.75) is 19.5 Å². The summed E-state index contributed by atoms with van der Waals surface area (Å²) in [6.45, 7) is 2.12.